The Balaban J connectivity index is 1.41. The van der Waals surface area contributed by atoms with Gasteiger partial charge in [-0.3, -0.25) is 4.79 Å². The van der Waals surface area contributed by atoms with E-state index in [0.717, 1.165) is 31.6 Å². The number of nitrogens with zero attached hydrogens (tertiary/aromatic N) is 4. The lowest BCUT2D eigenvalue weighted by Gasteiger charge is -2.23. The highest BCUT2D eigenvalue weighted by Gasteiger charge is 2.23. The molecule has 0 unspecified atom stereocenters. The first kappa shape index (κ1) is 18.1. The Labute approximate surface area is 162 Å². The van der Waals surface area contributed by atoms with E-state index in [-0.39, 0.29) is 11.9 Å². The molecule has 0 saturated carbocycles. The molecule has 0 bridgehead atoms. The highest BCUT2D eigenvalue weighted by molar-refractivity contribution is 6.03. The number of nitrogens with one attached hydrogen (secondary N) is 2. The molecule has 1 aliphatic heterocycles. The van der Waals surface area contributed by atoms with Gasteiger partial charge in [0.1, 0.15) is 5.75 Å². The molecule has 2 N–H and O–H groups in total. The average molecular weight is 378 g/mol. The van der Waals surface area contributed by atoms with E-state index in [2.05, 4.69) is 25.9 Å². The van der Waals surface area contributed by atoms with Crippen molar-refractivity contribution in [2.24, 2.45) is 0 Å². The summed E-state index contributed by atoms with van der Waals surface area (Å²) in [4.78, 5) is 16.8. The lowest BCUT2D eigenvalue weighted by atomic mass is 10.1. The van der Waals surface area contributed by atoms with Gasteiger partial charge in [0.15, 0.2) is 5.69 Å². The van der Waals surface area contributed by atoms with Crippen molar-refractivity contribution in [1.29, 1.82) is 0 Å². The van der Waals surface area contributed by atoms with E-state index in [4.69, 9.17) is 4.74 Å². The van der Waals surface area contributed by atoms with Gasteiger partial charge in [0.05, 0.1) is 23.6 Å². The second kappa shape index (κ2) is 8.18. The maximum absolute atomic E-state index is 12.6. The van der Waals surface area contributed by atoms with Crippen LogP contribution in [0.3, 0.4) is 0 Å². The standard InChI is InChI=1S/C20H22N6O2/c1-14-19(24-25-26(14)16-9-11-21-12-10-16)20(27)23-15-7-8-18(22-13-15)28-17-5-3-2-4-6-17/h2-8,13,16,21H,9-12H2,1H3,(H,23,27). The minimum Gasteiger partial charge on any atom is -0.439 e. The highest BCUT2D eigenvalue weighted by Crippen LogP contribution is 2.22. The van der Waals surface area contributed by atoms with Crippen LogP contribution in [0, 0.1) is 6.92 Å². The molecule has 0 aliphatic carbocycles. The van der Waals surface area contributed by atoms with Gasteiger partial charge in [0.25, 0.3) is 5.91 Å². The SMILES string of the molecule is Cc1c(C(=O)Nc2ccc(Oc3ccccc3)nc2)nnn1C1CCNCC1. The van der Waals surface area contributed by atoms with Crippen molar-refractivity contribution >= 4 is 11.6 Å². The second-order valence-electron chi connectivity index (χ2n) is 6.70. The Morgan fingerprint density at radius 3 is 2.68 bits per heavy atom. The van der Waals surface area contributed by atoms with Crippen molar-refractivity contribution in [3.63, 3.8) is 0 Å². The number of hydrogen-bond acceptors (Lipinski definition) is 6. The van der Waals surface area contributed by atoms with Gasteiger partial charge in [0, 0.05) is 6.07 Å². The van der Waals surface area contributed by atoms with Crippen LogP contribution in [0.25, 0.3) is 0 Å². The summed E-state index contributed by atoms with van der Waals surface area (Å²) in [5, 5.41) is 14.5. The second-order valence-corrected chi connectivity index (χ2v) is 6.70. The predicted molar refractivity (Wildman–Crippen MR) is 105 cm³/mol. The van der Waals surface area contributed by atoms with E-state index in [9.17, 15) is 4.79 Å². The quantitative estimate of drug-likeness (QED) is 0.709. The number of carbonyl (C=O) groups is 1. The summed E-state index contributed by atoms with van der Waals surface area (Å²) in [7, 11) is 0. The molecule has 1 saturated heterocycles. The first-order chi connectivity index (χ1) is 13.7. The largest absolute Gasteiger partial charge is 0.439 e. The molecule has 3 aromatic rings. The molecular weight excluding hydrogens is 356 g/mol. The normalized spacial score (nSPS) is 14.6. The minimum atomic E-state index is -0.295. The summed E-state index contributed by atoms with van der Waals surface area (Å²) in [6.07, 6.45) is 3.53. The van der Waals surface area contributed by atoms with Crippen LogP contribution < -0.4 is 15.4 Å². The minimum absolute atomic E-state index is 0.284. The molecule has 144 valence electrons. The molecule has 0 atom stereocenters. The molecule has 0 spiro atoms. The number of ether oxygens (including phenoxy) is 1. The summed E-state index contributed by atoms with van der Waals surface area (Å²) in [6, 6.07) is 13.1. The Bertz CT molecular complexity index is 933. The first-order valence-corrected chi connectivity index (χ1v) is 9.33. The van der Waals surface area contributed by atoms with E-state index in [0.29, 0.717) is 23.0 Å². The van der Waals surface area contributed by atoms with Crippen LogP contribution in [-0.2, 0) is 0 Å². The van der Waals surface area contributed by atoms with Crippen LogP contribution in [0.2, 0.25) is 0 Å². The van der Waals surface area contributed by atoms with Crippen LogP contribution >= 0.6 is 0 Å². The number of aromatic nitrogens is 4. The summed E-state index contributed by atoms with van der Waals surface area (Å²) in [5.41, 5.74) is 1.69. The smallest absolute Gasteiger partial charge is 0.278 e. The molecule has 0 radical (unpaired) electrons. The molecule has 4 rings (SSSR count). The zero-order valence-electron chi connectivity index (χ0n) is 15.6. The lowest BCUT2D eigenvalue weighted by molar-refractivity contribution is 0.102. The lowest BCUT2D eigenvalue weighted by Crippen LogP contribution is -2.30. The van der Waals surface area contributed by atoms with Crippen molar-refractivity contribution in [3.8, 4) is 11.6 Å². The third kappa shape index (κ3) is 4.01. The van der Waals surface area contributed by atoms with Crippen LogP contribution in [0.5, 0.6) is 11.6 Å². The number of amides is 1. The van der Waals surface area contributed by atoms with Gasteiger partial charge in [-0.25, -0.2) is 9.67 Å². The number of piperidine rings is 1. The van der Waals surface area contributed by atoms with Gasteiger partial charge in [-0.2, -0.15) is 0 Å². The number of carbonyl (C=O) groups excluding carboxylic acids is 1. The van der Waals surface area contributed by atoms with Crippen LogP contribution in [-0.4, -0.2) is 39.0 Å². The van der Waals surface area contributed by atoms with E-state index < -0.39 is 0 Å². The van der Waals surface area contributed by atoms with Crippen LogP contribution in [0.1, 0.15) is 35.1 Å². The molecule has 1 aliphatic rings. The topological polar surface area (TPSA) is 94.0 Å². The van der Waals surface area contributed by atoms with E-state index in [1.165, 1.54) is 0 Å². The third-order valence-corrected chi connectivity index (χ3v) is 4.76. The monoisotopic (exact) mass is 378 g/mol. The van der Waals surface area contributed by atoms with Crippen molar-refractivity contribution in [1.82, 2.24) is 25.3 Å². The fourth-order valence-corrected chi connectivity index (χ4v) is 3.26. The fraction of sp³-hybridized carbons (Fsp3) is 0.300. The number of pyridine rings is 1. The Morgan fingerprint density at radius 1 is 1.18 bits per heavy atom. The van der Waals surface area contributed by atoms with Gasteiger partial charge in [-0.1, -0.05) is 23.4 Å². The van der Waals surface area contributed by atoms with Crippen molar-refractivity contribution in [3.05, 3.63) is 60.0 Å². The zero-order valence-corrected chi connectivity index (χ0v) is 15.6. The van der Waals surface area contributed by atoms with Crippen LogP contribution in [0.15, 0.2) is 48.7 Å². The Morgan fingerprint density at radius 2 is 1.96 bits per heavy atom. The summed E-state index contributed by atoms with van der Waals surface area (Å²) >= 11 is 0. The van der Waals surface area contributed by atoms with Gasteiger partial charge >= 0.3 is 0 Å². The summed E-state index contributed by atoms with van der Waals surface area (Å²) < 4.78 is 7.52. The Hall–Kier alpha value is -3.26. The molecule has 28 heavy (non-hydrogen) atoms. The molecular formula is C20H22N6O2. The Kier molecular flexibility index (Phi) is 5.29. The van der Waals surface area contributed by atoms with E-state index >= 15 is 0 Å². The van der Waals surface area contributed by atoms with Gasteiger partial charge in [-0.05, 0) is 51.1 Å². The molecule has 1 aromatic carbocycles. The number of benzene rings is 1. The summed E-state index contributed by atoms with van der Waals surface area (Å²) in [6.45, 7) is 3.79. The van der Waals surface area contributed by atoms with Crippen LogP contribution in [0.4, 0.5) is 5.69 Å². The van der Waals surface area contributed by atoms with E-state index in [1.807, 2.05) is 41.9 Å². The molecule has 1 amide bonds. The molecule has 1 fully saturated rings. The number of hydrogen-bond donors (Lipinski definition) is 2. The molecule has 8 nitrogen and oxygen atoms in total. The molecule has 3 heterocycles. The van der Waals surface area contributed by atoms with Gasteiger partial charge < -0.3 is 15.4 Å². The maximum atomic E-state index is 12.6. The van der Waals surface area contributed by atoms with Crippen molar-refractivity contribution < 1.29 is 9.53 Å². The predicted octanol–water partition coefficient (Wildman–Crippen LogP) is 2.95. The number of anilines is 1. The highest BCUT2D eigenvalue weighted by atomic mass is 16.5. The average Bonchev–Trinajstić information content (AvgIpc) is 3.12. The molecule has 2 aromatic heterocycles. The number of para-hydroxylation sites is 1. The van der Waals surface area contributed by atoms with E-state index in [1.54, 1.807) is 18.3 Å². The first-order valence-electron chi connectivity index (χ1n) is 9.33. The number of rotatable bonds is 5. The van der Waals surface area contributed by atoms with Gasteiger partial charge in [-0.15, -0.1) is 5.10 Å². The van der Waals surface area contributed by atoms with Crippen molar-refractivity contribution in [2.45, 2.75) is 25.8 Å². The van der Waals surface area contributed by atoms with Gasteiger partial charge in [0.2, 0.25) is 5.88 Å². The van der Waals surface area contributed by atoms with Crippen molar-refractivity contribution in [2.75, 3.05) is 18.4 Å². The zero-order chi connectivity index (χ0) is 19.3. The summed E-state index contributed by atoms with van der Waals surface area (Å²) in [5.74, 6) is 0.866. The molecule has 8 heteroatoms. The fourth-order valence-electron chi connectivity index (χ4n) is 3.26. The third-order valence-electron chi connectivity index (χ3n) is 4.76. The maximum Gasteiger partial charge on any atom is 0.278 e.